The minimum absolute atomic E-state index is 0.0298. The fourth-order valence-corrected chi connectivity index (χ4v) is 13.7. The average molecular weight is 1220 g/mol. The van der Waals surface area contributed by atoms with Gasteiger partial charge in [0.1, 0.15) is 59.3 Å². The first-order valence-electron chi connectivity index (χ1n) is 30.6. The zero-order chi connectivity index (χ0) is 62.3. The number of esters is 1. The number of hydrogen-bond acceptors (Lipinski definition) is 20. The van der Waals surface area contributed by atoms with Gasteiger partial charge >= 0.3 is 5.97 Å². The molecule has 4 fully saturated rings. The molecule has 11 rings (SSSR count). The van der Waals surface area contributed by atoms with E-state index < -0.39 is 96.6 Å². The number of ether oxygens (including phenoxy) is 15. The fourth-order valence-electron chi connectivity index (χ4n) is 13.7. The second-order valence-corrected chi connectivity index (χ2v) is 24.8. The molecule has 0 saturated carbocycles. The number of benzene rings is 2. The van der Waals surface area contributed by atoms with Gasteiger partial charge in [0, 0.05) is 80.6 Å². The predicted octanol–water partition coefficient (Wildman–Crippen LogP) is 8.10. The zero-order valence-corrected chi connectivity index (χ0v) is 52.4. The lowest BCUT2D eigenvalue weighted by Crippen LogP contribution is -2.58. The van der Waals surface area contributed by atoms with Gasteiger partial charge in [0.15, 0.2) is 36.5 Å². The van der Waals surface area contributed by atoms with Crippen LogP contribution < -0.4 is 23.7 Å². The van der Waals surface area contributed by atoms with E-state index in [1.54, 1.807) is 79.7 Å². The van der Waals surface area contributed by atoms with Gasteiger partial charge in [0.2, 0.25) is 0 Å². The van der Waals surface area contributed by atoms with E-state index in [1.807, 2.05) is 50.3 Å². The number of carbonyl (C=O) groups excluding carboxylic acids is 1. The highest BCUT2D eigenvalue weighted by molar-refractivity contribution is 5.92. The Morgan fingerprint density at radius 3 is 2.24 bits per heavy atom. The summed E-state index contributed by atoms with van der Waals surface area (Å²) in [6, 6.07) is 9.00. The summed E-state index contributed by atoms with van der Waals surface area (Å²) >= 11 is 0. The zero-order valence-electron chi connectivity index (χ0n) is 52.4. The third-order valence-electron chi connectivity index (χ3n) is 18.9. The van der Waals surface area contributed by atoms with E-state index in [9.17, 15) is 25.2 Å². The second-order valence-electron chi connectivity index (χ2n) is 24.8. The molecule has 20 nitrogen and oxygen atoms in total. The van der Waals surface area contributed by atoms with Crippen molar-refractivity contribution in [3.05, 3.63) is 101 Å². The Morgan fingerprint density at radius 2 is 1.52 bits per heavy atom. The lowest BCUT2D eigenvalue weighted by molar-refractivity contribution is -0.318. The Morgan fingerprint density at radius 1 is 0.793 bits per heavy atom. The van der Waals surface area contributed by atoms with E-state index in [1.165, 1.54) is 0 Å². The molecular formula is C67H90O20. The number of methoxy groups -OCH3 is 5. The van der Waals surface area contributed by atoms with E-state index in [4.69, 9.17) is 71.1 Å². The minimum atomic E-state index is -1.84. The quantitative estimate of drug-likeness (QED) is 0.123. The minimum Gasteiger partial charge on any atom is -0.497 e. The van der Waals surface area contributed by atoms with Crippen molar-refractivity contribution in [2.24, 2.45) is 23.7 Å². The molecular weight excluding hydrogens is 1120 g/mol. The van der Waals surface area contributed by atoms with Crippen molar-refractivity contribution in [1.29, 1.82) is 0 Å². The van der Waals surface area contributed by atoms with Crippen LogP contribution in [0.4, 0.5) is 0 Å². The number of aliphatic hydroxyl groups excluding tert-OH is 2. The molecule has 9 aliphatic rings. The van der Waals surface area contributed by atoms with Crippen LogP contribution in [0.15, 0.2) is 89.6 Å². The lowest BCUT2D eigenvalue weighted by Gasteiger charge is -2.48. The van der Waals surface area contributed by atoms with Crippen molar-refractivity contribution in [2.45, 2.75) is 197 Å². The molecule has 2 bridgehead atoms. The summed E-state index contributed by atoms with van der Waals surface area (Å²) in [7, 11) is 7.93. The molecule has 8 heterocycles. The maximum Gasteiger partial charge on any atom is 0.316 e. The smallest absolute Gasteiger partial charge is 0.316 e. The standard InChI is InChI=1S/C48H72O14.C19H18O6/c1-11-25(2)43-28(5)17-18-47(62-43)23-34-20-33(61-47)16-15-27(4)42(26(3)13-12-14-32-24-55-45-40(49)29(6)19-35(46(51)58-34)48(32,45)52)59-39-22-37(54-10)44(31(8)57-39)60-38-21-36(53-9)41(50)30(7)56-38;1-21-12-5-4-11-6-14-13-8-17(22-2)18(23-3)9-16(13)24-10-19(14,20)25-15(11)7-12/h12-15,17-19,25-26,28,30-31,33-45,49-50,52H,11,16,20-24H2,1-10H3;4-9,20H,10H2,1-3H3. The number of aliphatic hydroxyl groups is 4. The number of rotatable bonds is 11. The van der Waals surface area contributed by atoms with Crippen LogP contribution >= 0.6 is 0 Å². The van der Waals surface area contributed by atoms with Gasteiger partial charge in [0.25, 0.3) is 5.79 Å². The predicted molar refractivity (Wildman–Crippen MR) is 319 cm³/mol. The van der Waals surface area contributed by atoms with Crippen molar-refractivity contribution in [3.8, 4) is 28.7 Å². The maximum atomic E-state index is 14.3. The van der Waals surface area contributed by atoms with Crippen molar-refractivity contribution >= 4 is 17.6 Å². The monoisotopic (exact) mass is 1210 g/mol. The SMILES string of the molecule is CCC(C)C1OC2(C=CC1C)CC1CC(CC=C(C)C(OC3CC(OC)C(OC4CC(OC)C(O)C(C)O4)C(C)O3)C(C)C=CC=C3COC4C(O)C(C)=CC(C(=O)O1)C34O)O2.COc1ccc2c(c1)OC1(O)COc3cc(OC)c(OC)cc3C1=C2. The van der Waals surface area contributed by atoms with Gasteiger partial charge in [0.05, 0.1) is 70.7 Å². The highest BCUT2D eigenvalue weighted by Gasteiger charge is 2.60. The van der Waals surface area contributed by atoms with Crippen molar-refractivity contribution < 1.29 is 96.3 Å². The van der Waals surface area contributed by atoms with Gasteiger partial charge in [-0.15, -0.1) is 0 Å². The molecule has 2 aromatic rings. The first-order chi connectivity index (χ1) is 41.6. The fraction of sp³-hybridized carbons (Fsp3) is 0.627. The topological polar surface area (TPSA) is 236 Å². The summed E-state index contributed by atoms with van der Waals surface area (Å²) in [6.07, 6.45) is 10.4. The molecule has 87 heavy (non-hydrogen) atoms. The van der Waals surface area contributed by atoms with Crippen LogP contribution in [0, 0.1) is 23.7 Å². The van der Waals surface area contributed by atoms with E-state index in [0.29, 0.717) is 83.1 Å². The third kappa shape index (κ3) is 13.1. The van der Waals surface area contributed by atoms with Gasteiger partial charge in [-0.05, 0) is 87.1 Å². The van der Waals surface area contributed by atoms with Gasteiger partial charge in [-0.25, -0.2) is 0 Å². The average Bonchev–Trinajstić information content (AvgIpc) is 1.78. The molecule has 1 spiro atoms. The third-order valence-corrected chi connectivity index (χ3v) is 18.9. The van der Waals surface area contributed by atoms with E-state index in [0.717, 1.165) is 17.6 Å². The van der Waals surface area contributed by atoms with Crippen molar-refractivity contribution in [1.82, 2.24) is 0 Å². The summed E-state index contributed by atoms with van der Waals surface area (Å²) in [5.41, 5.74) is 2.30. The van der Waals surface area contributed by atoms with Crippen LogP contribution in [0.3, 0.4) is 0 Å². The van der Waals surface area contributed by atoms with Crippen LogP contribution in [0.5, 0.6) is 28.7 Å². The number of hydrogen-bond donors (Lipinski definition) is 4. The summed E-state index contributed by atoms with van der Waals surface area (Å²) in [5.74, 6) is -1.22. The normalized spacial score (nSPS) is 39.2. The Hall–Kier alpha value is -5.17. The first kappa shape index (κ1) is 64.8. The summed E-state index contributed by atoms with van der Waals surface area (Å²) in [6.45, 7) is 16.1. The number of carbonyl (C=O) groups is 1. The molecule has 0 radical (unpaired) electrons. The lowest BCUT2D eigenvalue weighted by atomic mass is 9.71. The van der Waals surface area contributed by atoms with Crippen molar-refractivity contribution in [2.75, 3.05) is 48.8 Å². The highest BCUT2D eigenvalue weighted by atomic mass is 16.7. The molecule has 20 heteroatoms. The molecule has 478 valence electrons. The van der Waals surface area contributed by atoms with Crippen LogP contribution in [0.1, 0.15) is 105 Å². The Balaban J connectivity index is 0.000000277. The number of fused-ring (bicyclic) bond motifs is 6. The summed E-state index contributed by atoms with van der Waals surface area (Å²) in [5, 5.41) is 45.2. The van der Waals surface area contributed by atoms with Crippen LogP contribution in [0.2, 0.25) is 0 Å². The Labute approximate surface area is 510 Å². The molecule has 4 saturated heterocycles. The molecule has 1 aliphatic carbocycles. The van der Waals surface area contributed by atoms with Crippen LogP contribution in [0.25, 0.3) is 11.6 Å². The van der Waals surface area contributed by atoms with Crippen LogP contribution in [-0.4, -0.2) is 178 Å². The Kier molecular flexibility index (Phi) is 19.9. The second kappa shape index (κ2) is 26.7. The number of allylic oxidation sites excluding steroid dienone is 2. The molecule has 2 aromatic carbocycles. The molecule has 0 amide bonds. The van der Waals surface area contributed by atoms with Gasteiger partial charge < -0.3 is 91.5 Å². The highest BCUT2D eigenvalue weighted by Crippen LogP contribution is 2.51. The summed E-state index contributed by atoms with van der Waals surface area (Å²) in [4.78, 5) is 14.3. The van der Waals surface area contributed by atoms with E-state index in [2.05, 4.69) is 39.8 Å². The van der Waals surface area contributed by atoms with Crippen LogP contribution in [-0.2, 0) is 52.2 Å². The van der Waals surface area contributed by atoms with E-state index in [-0.39, 0.29) is 49.3 Å². The van der Waals surface area contributed by atoms with Gasteiger partial charge in [-0.1, -0.05) is 70.6 Å². The molecule has 0 aromatic heterocycles. The molecule has 21 unspecified atom stereocenters. The largest absolute Gasteiger partial charge is 0.497 e. The Bertz CT molecular complexity index is 2970. The van der Waals surface area contributed by atoms with Gasteiger partial charge in [-0.3, -0.25) is 4.79 Å². The summed E-state index contributed by atoms with van der Waals surface area (Å²) < 4.78 is 91.2. The molecule has 4 N–H and O–H groups in total. The van der Waals surface area contributed by atoms with E-state index >= 15 is 0 Å². The molecule has 21 atom stereocenters. The maximum absolute atomic E-state index is 14.3. The van der Waals surface area contributed by atoms with Gasteiger partial charge in [-0.2, -0.15) is 0 Å². The van der Waals surface area contributed by atoms with Crippen molar-refractivity contribution in [3.63, 3.8) is 0 Å². The molecule has 8 aliphatic heterocycles. The first-order valence-corrected chi connectivity index (χ1v) is 30.6.